The van der Waals surface area contributed by atoms with Gasteiger partial charge in [0, 0.05) is 38.8 Å². The van der Waals surface area contributed by atoms with Crippen LogP contribution in [0.4, 0.5) is 4.79 Å². The molecule has 0 fully saturated rings. The van der Waals surface area contributed by atoms with E-state index in [1.54, 1.807) is 0 Å². The summed E-state index contributed by atoms with van der Waals surface area (Å²) in [4.78, 5) is 52.3. The Morgan fingerprint density at radius 3 is 1.83 bits per heavy atom. The second-order valence-electron chi connectivity index (χ2n) is 21.7. The molecule has 0 aliphatic heterocycles. The van der Waals surface area contributed by atoms with Crippen LogP contribution in [0.1, 0.15) is 147 Å². The first kappa shape index (κ1) is 71.4. The number of hydrogen-bond donors (Lipinski definition) is 5. The standard InChI is InChI=1S/C62H88N4O9.C7H8.CH4O/c1-6-7-8-9-10-11-12-13-14-15-16-17-18-19-20-26-40-73-61(70)64-39-43-72-60(53-33-35-55(36-34-53)74-48-62(4,5)75-41-37-49(2)3)71-42-38-63-58(68)47-65-59(69)56(45-50-27-22-21-23-28-50)66-57(67)46-51-31-32-52-29-24-25-30-54(52)44-51;1-7-5-3-2-4-6-7;1-2/h10-11,14-15,21-25,27-36,44,49,56,60H,6-9,12-13,16-20,26,37-43,45-48H2,1-5H3,(H,63,68)(H,64,70)(H,65,69)(H,66,67);2-6H,1H3;2H,1H3/b11-10+,15-14+;;. The molecule has 0 aliphatic carbocycles. The minimum absolute atomic E-state index is 0.0786. The average Bonchev–Trinajstić information content (AvgIpc) is 3.66. The molecule has 0 bridgehead atoms. The first-order chi connectivity index (χ1) is 40.8. The molecule has 5 aromatic rings. The lowest BCUT2D eigenvalue weighted by Gasteiger charge is -2.26. The number of alkyl carbamates (subject to hydrolysis) is 1. The lowest BCUT2D eigenvalue weighted by atomic mass is 10.0. The Balaban J connectivity index is 0.00000189. The largest absolute Gasteiger partial charge is 0.491 e. The predicted octanol–water partition coefficient (Wildman–Crippen LogP) is 13.4. The van der Waals surface area contributed by atoms with E-state index in [-0.39, 0.29) is 51.6 Å². The molecular formula is C70H100N4O10. The molecule has 5 rings (SSSR count). The molecule has 14 nitrogen and oxygen atoms in total. The van der Waals surface area contributed by atoms with E-state index in [1.807, 2.05) is 129 Å². The third kappa shape index (κ3) is 34.1. The molecule has 2 unspecified atom stereocenters. The van der Waals surface area contributed by atoms with E-state index in [0.717, 1.165) is 80.4 Å². The maximum absolute atomic E-state index is 13.5. The second kappa shape index (κ2) is 44.7. The minimum Gasteiger partial charge on any atom is -0.491 e. The van der Waals surface area contributed by atoms with Crippen molar-refractivity contribution in [3.05, 3.63) is 174 Å². The Morgan fingerprint density at radius 2 is 1.19 bits per heavy atom. The number of allylic oxidation sites excluding steroid dienone is 4. The Bertz CT molecular complexity index is 2590. The van der Waals surface area contributed by atoms with Crippen molar-refractivity contribution in [1.82, 2.24) is 21.3 Å². The highest BCUT2D eigenvalue weighted by molar-refractivity contribution is 5.92. The molecule has 0 heterocycles. The summed E-state index contributed by atoms with van der Waals surface area (Å²) in [5.74, 6) is -0.00152. The van der Waals surface area contributed by atoms with Crippen LogP contribution in [0.5, 0.6) is 5.75 Å². The van der Waals surface area contributed by atoms with E-state index in [2.05, 4.69) is 85.4 Å². The van der Waals surface area contributed by atoms with Crippen molar-refractivity contribution in [2.45, 2.75) is 156 Å². The number of aliphatic hydroxyl groups is 1. The van der Waals surface area contributed by atoms with Gasteiger partial charge in [0.1, 0.15) is 18.4 Å². The maximum atomic E-state index is 13.5. The molecule has 0 saturated carbocycles. The summed E-state index contributed by atoms with van der Waals surface area (Å²) in [5, 5.41) is 20.2. The van der Waals surface area contributed by atoms with Crippen LogP contribution < -0.4 is 26.0 Å². The number of aryl methyl sites for hydroxylation is 1. The zero-order valence-electron chi connectivity index (χ0n) is 51.6. The number of benzene rings is 5. The number of unbranched alkanes of at least 4 members (excludes halogenated alkanes) is 9. The topological polar surface area (TPSA) is 183 Å². The molecule has 0 aliphatic rings. The fourth-order valence-electron chi connectivity index (χ4n) is 8.52. The fourth-order valence-corrected chi connectivity index (χ4v) is 8.52. The Hall–Kier alpha value is -6.84. The van der Waals surface area contributed by atoms with Gasteiger partial charge in [-0.05, 0) is 112 Å². The van der Waals surface area contributed by atoms with Gasteiger partial charge in [-0.1, -0.05) is 198 Å². The van der Waals surface area contributed by atoms with E-state index in [0.29, 0.717) is 37.1 Å². The number of ether oxygens (including phenoxy) is 5. The summed E-state index contributed by atoms with van der Waals surface area (Å²) >= 11 is 0. The van der Waals surface area contributed by atoms with E-state index in [1.165, 1.54) is 37.7 Å². The highest BCUT2D eigenvalue weighted by Gasteiger charge is 2.23. The summed E-state index contributed by atoms with van der Waals surface area (Å²) < 4.78 is 29.8. The van der Waals surface area contributed by atoms with Gasteiger partial charge in [-0.15, -0.1) is 0 Å². The van der Waals surface area contributed by atoms with E-state index < -0.39 is 35.8 Å². The molecule has 14 heteroatoms. The molecule has 4 amide bonds. The first-order valence-electron chi connectivity index (χ1n) is 30.4. The van der Waals surface area contributed by atoms with Crippen molar-refractivity contribution < 1.29 is 48.0 Å². The van der Waals surface area contributed by atoms with Gasteiger partial charge in [0.05, 0.1) is 38.4 Å². The van der Waals surface area contributed by atoms with Crippen LogP contribution in [-0.4, -0.2) is 100 Å². The van der Waals surface area contributed by atoms with Gasteiger partial charge in [-0.2, -0.15) is 0 Å². The average molecular weight is 1160 g/mol. The molecule has 84 heavy (non-hydrogen) atoms. The minimum atomic E-state index is -0.905. The summed E-state index contributed by atoms with van der Waals surface area (Å²) in [7, 11) is 1.00. The van der Waals surface area contributed by atoms with Crippen molar-refractivity contribution in [3.63, 3.8) is 0 Å². The molecule has 460 valence electrons. The Kier molecular flexibility index (Phi) is 38.0. The van der Waals surface area contributed by atoms with Gasteiger partial charge >= 0.3 is 6.09 Å². The lowest BCUT2D eigenvalue weighted by molar-refractivity contribution is -0.146. The number of rotatable bonds is 39. The van der Waals surface area contributed by atoms with Crippen LogP contribution in [0, 0.1) is 12.8 Å². The number of carbonyl (C=O) groups excluding carboxylic acids is 4. The number of amides is 4. The monoisotopic (exact) mass is 1160 g/mol. The van der Waals surface area contributed by atoms with Crippen LogP contribution in [-0.2, 0) is 46.2 Å². The van der Waals surface area contributed by atoms with Crippen molar-refractivity contribution in [2.24, 2.45) is 5.92 Å². The van der Waals surface area contributed by atoms with Crippen LogP contribution in [0.25, 0.3) is 10.8 Å². The van der Waals surface area contributed by atoms with Gasteiger partial charge in [0.15, 0.2) is 6.29 Å². The van der Waals surface area contributed by atoms with Gasteiger partial charge in [-0.3, -0.25) is 14.4 Å². The molecule has 5 aromatic carbocycles. The van der Waals surface area contributed by atoms with Crippen molar-refractivity contribution in [3.8, 4) is 5.75 Å². The van der Waals surface area contributed by atoms with E-state index >= 15 is 0 Å². The zero-order chi connectivity index (χ0) is 60.9. The third-order valence-electron chi connectivity index (χ3n) is 13.3. The number of hydrogen-bond acceptors (Lipinski definition) is 10. The van der Waals surface area contributed by atoms with Crippen LogP contribution in [0.2, 0.25) is 0 Å². The van der Waals surface area contributed by atoms with Crippen molar-refractivity contribution in [1.29, 1.82) is 0 Å². The van der Waals surface area contributed by atoms with Gasteiger partial charge in [0.2, 0.25) is 17.7 Å². The summed E-state index contributed by atoms with van der Waals surface area (Å²) in [5.41, 5.74) is 3.25. The molecule has 5 N–H and O–H groups in total. The normalized spacial score (nSPS) is 12.0. The van der Waals surface area contributed by atoms with Crippen LogP contribution >= 0.6 is 0 Å². The van der Waals surface area contributed by atoms with Crippen molar-refractivity contribution >= 4 is 34.6 Å². The molecule has 0 saturated heterocycles. The third-order valence-corrected chi connectivity index (χ3v) is 13.3. The zero-order valence-corrected chi connectivity index (χ0v) is 51.6. The first-order valence-corrected chi connectivity index (χ1v) is 30.4. The molecule has 0 radical (unpaired) electrons. The van der Waals surface area contributed by atoms with E-state index in [4.69, 9.17) is 28.8 Å². The molecule has 2 atom stereocenters. The SMILES string of the molecule is CCCCC/C=C/CC/C=C/CCCCCCCOC(=O)NCCOC(OCCNC(=O)CNC(=O)C(Cc1ccccc1)NC(=O)Cc1ccc2ccccc2c1)c1ccc(OCC(C)(C)OCCC(C)C)cc1.CO.Cc1ccccc1. The summed E-state index contributed by atoms with van der Waals surface area (Å²) in [6.07, 6.45) is 22.8. The quantitative estimate of drug-likeness (QED) is 0.0144. The van der Waals surface area contributed by atoms with Gasteiger partial charge in [-0.25, -0.2) is 4.79 Å². The summed E-state index contributed by atoms with van der Waals surface area (Å²) in [6.45, 7) is 14.3. The number of aliphatic hydroxyl groups excluding tert-OH is 1. The van der Waals surface area contributed by atoms with Crippen LogP contribution in [0.3, 0.4) is 0 Å². The second-order valence-corrected chi connectivity index (χ2v) is 21.7. The number of fused-ring (bicyclic) bond motifs is 1. The Labute approximate surface area is 502 Å². The molecule has 0 aromatic heterocycles. The number of carbonyl (C=O) groups is 4. The smallest absolute Gasteiger partial charge is 0.407 e. The highest BCUT2D eigenvalue weighted by Crippen LogP contribution is 2.24. The van der Waals surface area contributed by atoms with Gasteiger partial charge < -0.3 is 50.1 Å². The number of nitrogens with one attached hydrogen (secondary N) is 4. The van der Waals surface area contributed by atoms with E-state index in [9.17, 15) is 19.2 Å². The Morgan fingerprint density at radius 1 is 0.595 bits per heavy atom. The van der Waals surface area contributed by atoms with Crippen molar-refractivity contribution in [2.75, 3.05) is 59.8 Å². The predicted molar refractivity (Wildman–Crippen MR) is 340 cm³/mol. The summed E-state index contributed by atoms with van der Waals surface area (Å²) in [6, 6.07) is 39.9. The van der Waals surface area contributed by atoms with Crippen LogP contribution in [0.15, 0.2) is 152 Å². The highest BCUT2D eigenvalue weighted by atomic mass is 16.7. The fraction of sp³-hybridized carbons (Fsp3) is 0.486. The lowest BCUT2D eigenvalue weighted by Crippen LogP contribution is -2.50. The maximum Gasteiger partial charge on any atom is 0.407 e. The molecular weight excluding hydrogens is 1060 g/mol. The molecule has 0 spiro atoms. The van der Waals surface area contributed by atoms with Gasteiger partial charge in [0.25, 0.3) is 0 Å².